The van der Waals surface area contributed by atoms with Crippen LogP contribution in [0.3, 0.4) is 0 Å². The lowest BCUT2D eigenvalue weighted by molar-refractivity contribution is 0.0590. The van der Waals surface area contributed by atoms with Crippen molar-refractivity contribution in [3.63, 3.8) is 0 Å². The fourth-order valence-corrected chi connectivity index (χ4v) is 1.42. The largest absolute Gasteiger partial charge is 0.464 e. The Morgan fingerprint density at radius 1 is 1.38 bits per heavy atom. The van der Waals surface area contributed by atoms with Crippen molar-refractivity contribution in [1.82, 2.24) is 15.4 Å². The van der Waals surface area contributed by atoms with Crippen LogP contribution in [0.4, 0.5) is 0 Å². The van der Waals surface area contributed by atoms with Crippen molar-refractivity contribution in [2.75, 3.05) is 20.8 Å². The number of nitrogens with one attached hydrogen (secondary N) is 1. The number of hydrogen-bond donors (Lipinski definition) is 1. The van der Waals surface area contributed by atoms with E-state index in [2.05, 4.69) is 20.1 Å². The number of ether oxygens (including phenoxy) is 2. The molecule has 0 aliphatic rings. The minimum atomic E-state index is -0.478. The molecule has 0 aliphatic carbocycles. The normalized spacial score (nSPS) is 11.5. The Hall–Kier alpha value is -1.43. The number of hydrogen-bond acceptors (Lipinski definition) is 5. The number of carbonyl (C=O) groups is 1. The third-order valence-electron chi connectivity index (χ3n) is 2.50. The number of aromatic nitrogens is 3. The van der Waals surface area contributed by atoms with Crippen LogP contribution >= 0.6 is 0 Å². The molecule has 0 unspecified atom stereocenters. The van der Waals surface area contributed by atoms with E-state index in [0.29, 0.717) is 12.3 Å². The molecule has 1 aromatic heterocycles. The van der Waals surface area contributed by atoms with Gasteiger partial charge >= 0.3 is 5.97 Å². The lowest BCUT2D eigenvalue weighted by atomic mass is 9.85. The third-order valence-corrected chi connectivity index (χ3v) is 2.50. The summed E-state index contributed by atoms with van der Waals surface area (Å²) in [6, 6.07) is 0. The number of rotatable bonds is 5. The molecule has 0 saturated carbocycles. The average Bonchev–Trinajstić information content (AvgIpc) is 2.75. The molecule has 0 fully saturated rings. The average molecular weight is 227 g/mol. The summed E-state index contributed by atoms with van der Waals surface area (Å²) in [5.41, 5.74) is 0.562. The van der Waals surface area contributed by atoms with Crippen molar-refractivity contribution in [2.24, 2.45) is 0 Å². The summed E-state index contributed by atoms with van der Waals surface area (Å²) < 4.78 is 9.67. The van der Waals surface area contributed by atoms with E-state index in [1.165, 1.54) is 7.11 Å². The highest BCUT2D eigenvalue weighted by molar-refractivity contribution is 5.88. The Morgan fingerprint density at radius 3 is 2.62 bits per heavy atom. The van der Waals surface area contributed by atoms with Crippen LogP contribution in [0.25, 0.3) is 0 Å². The summed E-state index contributed by atoms with van der Waals surface area (Å²) in [6.45, 7) is 4.56. The molecule has 16 heavy (non-hydrogen) atoms. The Morgan fingerprint density at radius 2 is 2.06 bits per heavy atom. The van der Waals surface area contributed by atoms with E-state index in [1.54, 1.807) is 7.11 Å². The van der Waals surface area contributed by atoms with E-state index >= 15 is 0 Å². The number of nitrogens with zero attached hydrogens (tertiary/aromatic N) is 2. The fourth-order valence-electron chi connectivity index (χ4n) is 1.42. The second-order valence-electron chi connectivity index (χ2n) is 4.14. The van der Waals surface area contributed by atoms with Gasteiger partial charge in [0.2, 0.25) is 0 Å². The van der Waals surface area contributed by atoms with Gasteiger partial charge in [-0.2, -0.15) is 10.3 Å². The molecule has 0 amide bonds. The van der Waals surface area contributed by atoms with Crippen LogP contribution in [-0.4, -0.2) is 42.2 Å². The van der Waals surface area contributed by atoms with Gasteiger partial charge in [-0.1, -0.05) is 13.8 Å². The van der Waals surface area contributed by atoms with Gasteiger partial charge in [0.05, 0.1) is 7.11 Å². The maximum Gasteiger partial charge on any atom is 0.360 e. The summed E-state index contributed by atoms with van der Waals surface area (Å²) in [5, 5.41) is 10.3. The van der Waals surface area contributed by atoms with Crippen LogP contribution in [0, 0.1) is 0 Å². The van der Waals surface area contributed by atoms with Crippen LogP contribution in [0.2, 0.25) is 0 Å². The highest BCUT2D eigenvalue weighted by Gasteiger charge is 2.30. The molecule has 1 heterocycles. The molecule has 6 nitrogen and oxygen atoms in total. The number of carbonyl (C=O) groups excluding carboxylic acids is 1. The van der Waals surface area contributed by atoms with E-state index in [4.69, 9.17) is 4.74 Å². The zero-order valence-electron chi connectivity index (χ0n) is 10.0. The summed E-state index contributed by atoms with van der Waals surface area (Å²) in [6.07, 6.45) is 0.750. The van der Waals surface area contributed by atoms with Gasteiger partial charge in [0.1, 0.15) is 5.69 Å². The van der Waals surface area contributed by atoms with Crippen molar-refractivity contribution in [3.8, 4) is 0 Å². The zero-order chi connectivity index (χ0) is 12.2. The summed E-state index contributed by atoms with van der Waals surface area (Å²) in [5.74, 6) is -0.478. The first-order chi connectivity index (χ1) is 7.53. The summed E-state index contributed by atoms with van der Waals surface area (Å²) in [4.78, 5) is 11.4. The standard InChI is InChI=1S/C10H17N3O3/c1-10(2,5-6-15-3)8-7(9(14)16-4)11-13-12-8/h5-6H2,1-4H3,(H,11,12,13). The van der Waals surface area contributed by atoms with Gasteiger partial charge in [-0.15, -0.1) is 5.10 Å². The highest BCUT2D eigenvalue weighted by atomic mass is 16.5. The molecule has 0 bridgehead atoms. The van der Waals surface area contributed by atoms with Crippen molar-refractivity contribution >= 4 is 5.97 Å². The van der Waals surface area contributed by atoms with Gasteiger partial charge in [-0.25, -0.2) is 4.79 Å². The molecule has 90 valence electrons. The first kappa shape index (κ1) is 12.6. The Kier molecular flexibility index (Phi) is 4.00. The van der Waals surface area contributed by atoms with Crippen LogP contribution in [0.5, 0.6) is 0 Å². The second-order valence-corrected chi connectivity index (χ2v) is 4.14. The van der Waals surface area contributed by atoms with Gasteiger partial charge in [-0.05, 0) is 6.42 Å². The van der Waals surface area contributed by atoms with Crippen LogP contribution in [0.15, 0.2) is 0 Å². The molecular formula is C10H17N3O3. The third kappa shape index (κ3) is 2.57. The molecule has 0 radical (unpaired) electrons. The van der Waals surface area contributed by atoms with Gasteiger partial charge in [-0.3, -0.25) is 0 Å². The molecular weight excluding hydrogens is 210 g/mol. The smallest absolute Gasteiger partial charge is 0.360 e. The SMILES string of the molecule is COCCC(C)(C)c1n[nH]nc1C(=O)OC. The number of aromatic amines is 1. The fraction of sp³-hybridized carbons (Fsp3) is 0.700. The predicted octanol–water partition coefficient (Wildman–Crippen LogP) is 0.905. The lowest BCUT2D eigenvalue weighted by Crippen LogP contribution is -2.23. The van der Waals surface area contributed by atoms with E-state index < -0.39 is 5.97 Å². The van der Waals surface area contributed by atoms with Crippen molar-refractivity contribution in [1.29, 1.82) is 0 Å². The van der Waals surface area contributed by atoms with Crippen LogP contribution in [0.1, 0.15) is 36.5 Å². The Balaban J connectivity index is 2.94. The molecule has 0 spiro atoms. The van der Waals surface area contributed by atoms with Gasteiger partial charge in [0.25, 0.3) is 0 Å². The van der Waals surface area contributed by atoms with Crippen LogP contribution < -0.4 is 0 Å². The molecule has 0 aromatic carbocycles. The van der Waals surface area contributed by atoms with Gasteiger partial charge in [0, 0.05) is 19.1 Å². The van der Waals surface area contributed by atoms with Crippen molar-refractivity contribution in [3.05, 3.63) is 11.4 Å². The van der Waals surface area contributed by atoms with Crippen molar-refractivity contribution in [2.45, 2.75) is 25.7 Å². The zero-order valence-corrected chi connectivity index (χ0v) is 10.0. The van der Waals surface area contributed by atoms with Crippen LogP contribution in [-0.2, 0) is 14.9 Å². The molecule has 1 rings (SSSR count). The number of esters is 1. The maximum absolute atomic E-state index is 11.4. The van der Waals surface area contributed by atoms with Gasteiger partial charge < -0.3 is 9.47 Å². The molecule has 0 aliphatic heterocycles. The summed E-state index contributed by atoms with van der Waals surface area (Å²) in [7, 11) is 2.96. The minimum Gasteiger partial charge on any atom is -0.464 e. The quantitative estimate of drug-likeness (QED) is 0.756. The number of H-pyrrole nitrogens is 1. The topological polar surface area (TPSA) is 77.1 Å². The van der Waals surface area contributed by atoms with E-state index in [9.17, 15) is 4.79 Å². The molecule has 1 aromatic rings. The van der Waals surface area contributed by atoms with E-state index in [0.717, 1.165) is 6.42 Å². The first-order valence-corrected chi connectivity index (χ1v) is 5.01. The van der Waals surface area contributed by atoms with Gasteiger partial charge in [0.15, 0.2) is 5.69 Å². The monoisotopic (exact) mass is 227 g/mol. The highest BCUT2D eigenvalue weighted by Crippen LogP contribution is 2.27. The lowest BCUT2D eigenvalue weighted by Gasteiger charge is -2.21. The molecule has 0 saturated heterocycles. The minimum absolute atomic E-state index is 0.239. The second kappa shape index (κ2) is 5.07. The Labute approximate surface area is 94.3 Å². The molecule has 6 heteroatoms. The summed E-state index contributed by atoms with van der Waals surface area (Å²) >= 11 is 0. The maximum atomic E-state index is 11.4. The molecule has 1 N–H and O–H groups in total. The molecule has 0 atom stereocenters. The first-order valence-electron chi connectivity index (χ1n) is 5.01. The Bertz CT molecular complexity index is 360. The van der Waals surface area contributed by atoms with E-state index in [1.807, 2.05) is 13.8 Å². The van der Waals surface area contributed by atoms with Crippen molar-refractivity contribution < 1.29 is 14.3 Å². The van der Waals surface area contributed by atoms with E-state index in [-0.39, 0.29) is 11.1 Å². The predicted molar refractivity (Wildman–Crippen MR) is 57.2 cm³/mol. The number of methoxy groups -OCH3 is 2.